The molecule has 0 heterocycles. The summed E-state index contributed by atoms with van der Waals surface area (Å²) in [5.74, 6) is 0.845. The van der Waals surface area contributed by atoms with Crippen molar-refractivity contribution in [2.45, 2.75) is 59.3 Å². The van der Waals surface area contributed by atoms with Crippen molar-refractivity contribution in [3.05, 3.63) is 29.8 Å². The van der Waals surface area contributed by atoms with Crippen molar-refractivity contribution in [3.63, 3.8) is 0 Å². The molecule has 1 aliphatic rings. The van der Waals surface area contributed by atoms with Crippen LogP contribution in [0, 0.1) is 5.41 Å². The molecular formula is C23H38N4O2. The first-order valence-electron chi connectivity index (χ1n) is 11.0. The molecule has 29 heavy (non-hydrogen) atoms. The minimum absolute atomic E-state index is 0.0489. The van der Waals surface area contributed by atoms with E-state index in [4.69, 9.17) is 9.73 Å². The summed E-state index contributed by atoms with van der Waals surface area (Å²) in [6.07, 6.45) is 7.12. The van der Waals surface area contributed by atoms with E-state index in [0.717, 1.165) is 57.3 Å². The van der Waals surface area contributed by atoms with Crippen LogP contribution in [0.4, 0.5) is 5.69 Å². The number of rotatable bonds is 11. The van der Waals surface area contributed by atoms with Crippen LogP contribution in [-0.2, 0) is 16.0 Å². The van der Waals surface area contributed by atoms with Crippen LogP contribution < -0.4 is 16.0 Å². The third-order valence-corrected chi connectivity index (χ3v) is 5.54. The van der Waals surface area contributed by atoms with E-state index in [2.05, 4.69) is 41.9 Å². The fraction of sp³-hybridized carbons (Fsp3) is 0.652. The standard InChI is InChI=1S/C23H38N4O2/c1-4-24-22(26-18-23(13-6-7-14-23)15-17-29-5-2)25-16-12-20-8-10-21(11-9-20)27-19(3)28/h8-11H,4-7,12-18H2,1-3H3,(H,27,28)(H2,24,25,26). The average molecular weight is 403 g/mol. The zero-order chi connectivity index (χ0) is 21.0. The van der Waals surface area contributed by atoms with Gasteiger partial charge in [-0.3, -0.25) is 9.79 Å². The lowest BCUT2D eigenvalue weighted by atomic mass is 9.83. The first kappa shape index (κ1) is 23.2. The largest absolute Gasteiger partial charge is 0.382 e. The number of nitrogens with zero attached hydrogens (tertiary/aromatic N) is 1. The van der Waals surface area contributed by atoms with Gasteiger partial charge in [0.05, 0.1) is 0 Å². The Morgan fingerprint density at radius 3 is 2.48 bits per heavy atom. The Hall–Kier alpha value is -2.08. The van der Waals surface area contributed by atoms with Gasteiger partial charge in [-0.1, -0.05) is 25.0 Å². The highest BCUT2D eigenvalue weighted by atomic mass is 16.5. The highest BCUT2D eigenvalue weighted by molar-refractivity contribution is 5.88. The summed E-state index contributed by atoms with van der Waals surface area (Å²) in [6.45, 7) is 9.82. The van der Waals surface area contributed by atoms with E-state index in [1.54, 1.807) is 0 Å². The molecule has 1 aromatic rings. The maximum Gasteiger partial charge on any atom is 0.221 e. The second-order valence-electron chi connectivity index (χ2n) is 7.90. The van der Waals surface area contributed by atoms with Crippen LogP contribution in [0.2, 0.25) is 0 Å². The predicted molar refractivity (Wildman–Crippen MR) is 120 cm³/mol. The molecule has 6 heteroatoms. The van der Waals surface area contributed by atoms with Gasteiger partial charge >= 0.3 is 0 Å². The van der Waals surface area contributed by atoms with Crippen LogP contribution in [0.1, 0.15) is 58.4 Å². The summed E-state index contributed by atoms with van der Waals surface area (Å²) in [4.78, 5) is 16.0. The number of aliphatic imine (C=N–C) groups is 1. The zero-order valence-corrected chi connectivity index (χ0v) is 18.4. The number of ether oxygens (including phenoxy) is 1. The number of carbonyl (C=O) groups excluding carboxylic acids is 1. The molecule has 1 aromatic carbocycles. The molecule has 1 fully saturated rings. The van der Waals surface area contributed by atoms with Gasteiger partial charge in [0, 0.05) is 45.5 Å². The van der Waals surface area contributed by atoms with Gasteiger partial charge in [-0.15, -0.1) is 0 Å². The maximum absolute atomic E-state index is 11.1. The molecule has 0 aliphatic heterocycles. The SMILES string of the molecule is CCNC(=NCC1(CCOCC)CCCC1)NCCc1ccc(NC(C)=O)cc1. The zero-order valence-electron chi connectivity index (χ0n) is 18.4. The molecular weight excluding hydrogens is 364 g/mol. The summed E-state index contributed by atoms with van der Waals surface area (Å²) in [6, 6.07) is 7.99. The molecule has 0 bridgehead atoms. The molecule has 0 atom stereocenters. The van der Waals surface area contributed by atoms with E-state index in [1.807, 2.05) is 12.1 Å². The fourth-order valence-electron chi connectivity index (χ4n) is 3.92. The average Bonchev–Trinajstić information content (AvgIpc) is 3.16. The van der Waals surface area contributed by atoms with Crippen LogP contribution in [-0.4, -0.2) is 44.7 Å². The second-order valence-corrected chi connectivity index (χ2v) is 7.90. The Balaban J connectivity index is 1.85. The van der Waals surface area contributed by atoms with Crippen molar-refractivity contribution in [3.8, 4) is 0 Å². The molecule has 0 spiro atoms. The number of benzene rings is 1. The van der Waals surface area contributed by atoms with Gasteiger partial charge in [0.25, 0.3) is 0 Å². The van der Waals surface area contributed by atoms with E-state index in [-0.39, 0.29) is 5.91 Å². The lowest BCUT2D eigenvalue weighted by Gasteiger charge is -2.27. The van der Waals surface area contributed by atoms with E-state index in [1.165, 1.54) is 38.2 Å². The molecule has 0 unspecified atom stereocenters. The molecule has 0 aromatic heterocycles. The first-order valence-corrected chi connectivity index (χ1v) is 11.0. The summed E-state index contributed by atoms with van der Waals surface area (Å²) in [7, 11) is 0. The summed E-state index contributed by atoms with van der Waals surface area (Å²) in [5.41, 5.74) is 2.36. The van der Waals surface area contributed by atoms with Gasteiger partial charge in [-0.25, -0.2) is 0 Å². The Morgan fingerprint density at radius 2 is 1.86 bits per heavy atom. The van der Waals surface area contributed by atoms with E-state index in [0.29, 0.717) is 5.41 Å². The Morgan fingerprint density at radius 1 is 1.14 bits per heavy atom. The Bertz CT molecular complexity index is 637. The van der Waals surface area contributed by atoms with Crippen LogP contribution in [0.15, 0.2) is 29.3 Å². The van der Waals surface area contributed by atoms with E-state index < -0.39 is 0 Å². The summed E-state index contributed by atoms with van der Waals surface area (Å²) < 4.78 is 5.62. The van der Waals surface area contributed by atoms with E-state index in [9.17, 15) is 4.79 Å². The van der Waals surface area contributed by atoms with Crippen molar-refractivity contribution < 1.29 is 9.53 Å². The molecule has 1 aliphatic carbocycles. The van der Waals surface area contributed by atoms with Crippen LogP contribution in [0.3, 0.4) is 0 Å². The van der Waals surface area contributed by atoms with Gasteiger partial charge in [-0.05, 0) is 62.6 Å². The number of anilines is 1. The van der Waals surface area contributed by atoms with E-state index >= 15 is 0 Å². The number of hydrogen-bond acceptors (Lipinski definition) is 3. The van der Waals surface area contributed by atoms with Crippen molar-refractivity contribution in [2.75, 3.05) is 38.2 Å². The third kappa shape index (κ3) is 8.44. The smallest absolute Gasteiger partial charge is 0.221 e. The molecule has 0 radical (unpaired) electrons. The maximum atomic E-state index is 11.1. The Kier molecular flexibility index (Phi) is 9.98. The lowest BCUT2D eigenvalue weighted by Crippen LogP contribution is -2.39. The second kappa shape index (κ2) is 12.5. The normalized spacial score (nSPS) is 15.9. The molecule has 1 saturated carbocycles. The third-order valence-electron chi connectivity index (χ3n) is 5.54. The van der Waals surface area contributed by atoms with Crippen LogP contribution in [0.5, 0.6) is 0 Å². The molecule has 162 valence electrons. The number of carbonyl (C=O) groups is 1. The topological polar surface area (TPSA) is 74.8 Å². The van der Waals surface area contributed by atoms with Gasteiger partial charge in [0.2, 0.25) is 5.91 Å². The lowest BCUT2D eigenvalue weighted by molar-refractivity contribution is -0.114. The van der Waals surface area contributed by atoms with Crippen molar-refractivity contribution >= 4 is 17.6 Å². The van der Waals surface area contributed by atoms with Gasteiger partial charge in [-0.2, -0.15) is 0 Å². The molecule has 0 saturated heterocycles. The summed E-state index contributed by atoms with van der Waals surface area (Å²) >= 11 is 0. The van der Waals surface area contributed by atoms with Crippen molar-refractivity contribution in [2.24, 2.45) is 10.4 Å². The van der Waals surface area contributed by atoms with Crippen molar-refractivity contribution in [1.29, 1.82) is 0 Å². The van der Waals surface area contributed by atoms with Crippen molar-refractivity contribution in [1.82, 2.24) is 10.6 Å². The van der Waals surface area contributed by atoms with Gasteiger partial charge in [0.1, 0.15) is 0 Å². The number of guanidine groups is 1. The Labute approximate surface area is 175 Å². The number of amides is 1. The molecule has 2 rings (SSSR count). The summed E-state index contributed by atoms with van der Waals surface area (Å²) in [5, 5.41) is 9.63. The number of hydrogen-bond donors (Lipinski definition) is 3. The minimum atomic E-state index is -0.0489. The van der Waals surface area contributed by atoms with Crippen LogP contribution >= 0.6 is 0 Å². The molecule has 1 amide bonds. The minimum Gasteiger partial charge on any atom is -0.382 e. The van der Waals surface area contributed by atoms with Crippen LogP contribution in [0.25, 0.3) is 0 Å². The van der Waals surface area contributed by atoms with Gasteiger partial charge in [0.15, 0.2) is 5.96 Å². The predicted octanol–water partition coefficient (Wildman–Crippen LogP) is 3.73. The van der Waals surface area contributed by atoms with Gasteiger partial charge < -0.3 is 20.7 Å². The highest BCUT2D eigenvalue weighted by Crippen LogP contribution is 2.41. The molecule has 3 N–H and O–H groups in total. The highest BCUT2D eigenvalue weighted by Gasteiger charge is 2.33. The monoisotopic (exact) mass is 402 g/mol. The first-order chi connectivity index (χ1) is 14.1. The fourth-order valence-corrected chi connectivity index (χ4v) is 3.92. The number of nitrogens with one attached hydrogen (secondary N) is 3. The quantitative estimate of drug-likeness (QED) is 0.299. The molecule has 6 nitrogen and oxygen atoms in total.